The fourth-order valence-electron chi connectivity index (χ4n) is 7.57. The van der Waals surface area contributed by atoms with Gasteiger partial charge in [-0.3, -0.25) is 4.79 Å². The van der Waals surface area contributed by atoms with Crippen LogP contribution in [0.4, 0.5) is 0 Å². The molecule has 2 heteroatoms. The Bertz CT molecular complexity index is 649. The molecule has 0 heterocycles. The Balaban J connectivity index is 1.70. The van der Waals surface area contributed by atoms with Crippen LogP contribution < -0.4 is 0 Å². The largest absolute Gasteiger partial charge is 0.301 e. The van der Waals surface area contributed by atoms with Crippen molar-refractivity contribution < 1.29 is 4.79 Å². The van der Waals surface area contributed by atoms with Crippen molar-refractivity contribution in [3.8, 4) is 0 Å². The molecule has 0 spiro atoms. The molecule has 0 saturated heterocycles. The van der Waals surface area contributed by atoms with Gasteiger partial charge in [-0.25, -0.2) is 0 Å². The van der Waals surface area contributed by atoms with Gasteiger partial charge in [0.05, 0.1) is 0 Å². The molecule has 26 heavy (non-hydrogen) atoms. The summed E-state index contributed by atoms with van der Waals surface area (Å²) in [7, 11) is 1.94. The van der Waals surface area contributed by atoms with E-state index < -0.39 is 0 Å². The summed E-state index contributed by atoms with van der Waals surface area (Å²) in [5.41, 5.74) is 2.23. The van der Waals surface area contributed by atoms with Crippen molar-refractivity contribution in [2.75, 3.05) is 7.05 Å². The minimum absolute atomic E-state index is 0.258. The van der Waals surface area contributed by atoms with Crippen LogP contribution in [0, 0.1) is 46.3 Å². The van der Waals surface area contributed by atoms with Crippen molar-refractivity contribution in [2.24, 2.45) is 51.3 Å². The van der Waals surface area contributed by atoms with Crippen LogP contribution in [0.1, 0.15) is 72.6 Å². The van der Waals surface area contributed by atoms with Crippen LogP contribution in [-0.2, 0) is 4.79 Å². The average Bonchev–Trinajstić information content (AvgIpc) is 3.28. The third-order valence-electron chi connectivity index (χ3n) is 9.22. The summed E-state index contributed by atoms with van der Waals surface area (Å²) in [5.74, 6) is 4.85. The third kappa shape index (κ3) is 2.66. The minimum atomic E-state index is 0.258. The van der Waals surface area contributed by atoms with Crippen LogP contribution in [0.2, 0.25) is 0 Å². The highest BCUT2D eigenvalue weighted by molar-refractivity contribution is 5.91. The van der Waals surface area contributed by atoms with Gasteiger partial charge in [-0.05, 0) is 84.5 Å². The van der Waals surface area contributed by atoms with E-state index in [1.165, 1.54) is 37.7 Å². The van der Waals surface area contributed by atoms with Gasteiger partial charge in [0.1, 0.15) is 0 Å². The molecular formula is C24H37NO. The second-order valence-electron chi connectivity index (χ2n) is 10.5. The van der Waals surface area contributed by atoms with E-state index in [-0.39, 0.29) is 5.41 Å². The van der Waals surface area contributed by atoms with Crippen LogP contribution in [-0.4, -0.2) is 19.0 Å². The number of hydrogen-bond acceptors (Lipinski definition) is 2. The molecule has 144 valence electrons. The summed E-state index contributed by atoms with van der Waals surface area (Å²) < 4.78 is 0. The third-order valence-corrected chi connectivity index (χ3v) is 9.22. The minimum Gasteiger partial charge on any atom is -0.301 e. The van der Waals surface area contributed by atoms with Crippen molar-refractivity contribution in [3.05, 3.63) is 11.6 Å². The molecule has 0 radical (unpaired) electrons. The first-order valence-electron chi connectivity index (χ1n) is 11.0. The molecule has 0 bridgehead atoms. The highest BCUT2D eigenvalue weighted by Gasteiger charge is 2.60. The maximum Gasteiger partial charge on any atom is 0.155 e. The normalized spacial score (nSPS) is 51.4. The van der Waals surface area contributed by atoms with E-state index in [2.05, 4.69) is 45.0 Å². The molecule has 0 aromatic heterocycles. The molecule has 8 atom stereocenters. The lowest BCUT2D eigenvalue weighted by atomic mass is 9.50. The molecule has 2 nitrogen and oxygen atoms in total. The Hall–Kier alpha value is -0.920. The van der Waals surface area contributed by atoms with Gasteiger partial charge < -0.3 is 4.99 Å². The number of hydrogen-bond donors (Lipinski definition) is 0. The van der Waals surface area contributed by atoms with Gasteiger partial charge in [0.2, 0.25) is 0 Å². The van der Waals surface area contributed by atoms with Crippen LogP contribution in [0.3, 0.4) is 0 Å². The first-order chi connectivity index (χ1) is 12.3. The maximum atomic E-state index is 12.1. The molecule has 4 aliphatic rings. The van der Waals surface area contributed by atoms with E-state index in [1.54, 1.807) is 0 Å². The van der Waals surface area contributed by atoms with Crippen LogP contribution in [0.5, 0.6) is 0 Å². The lowest BCUT2D eigenvalue weighted by Crippen LogP contribution is -2.46. The number of carbonyl (C=O) groups excluding carboxylic acids is 1. The fraction of sp³-hybridized carbons (Fsp3) is 0.833. The fourth-order valence-corrected chi connectivity index (χ4v) is 7.57. The lowest BCUT2D eigenvalue weighted by Gasteiger charge is -2.54. The number of allylic oxidation sites excluding steroid dienone is 2. The number of carbonyl (C=O) groups is 1. The van der Waals surface area contributed by atoms with Gasteiger partial charge in [0.25, 0.3) is 0 Å². The molecule has 0 amide bonds. The number of ketones is 1. The monoisotopic (exact) mass is 355 g/mol. The van der Waals surface area contributed by atoms with E-state index in [0.29, 0.717) is 23.0 Å². The summed E-state index contributed by atoms with van der Waals surface area (Å²) in [6, 6.07) is 0. The first-order valence-corrected chi connectivity index (χ1v) is 11.0. The van der Waals surface area contributed by atoms with E-state index in [4.69, 9.17) is 0 Å². The van der Waals surface area contributed by atoms with Gasteiger partial charge in [0, 0.05) is 19.7 Å². The standard InChI is InChI=1S/C24H37NO/c1-15-11-19-16(2)22-13-24(22,4)17(14-25-5)7-6-8-20(19)23(3)10-9-18(26)12-21(15)23/h12,14-17,19-20,22H,6-11,13H2,1-5H3. The highest BCUT2D eigenvalue weighted by Crippen LogP contribution is 2.67. The maximum absolute atomic E-state index is 12.1. The number of nitrogens with zero attached hydrogens (tertiary/aromatic N) is 1. The van der Waals surface area contributed by atoms with Crippen LogP contribution in [0.15, 0.2) is 16.6 Å². The van der Waals surface area contributed by atoms with Crippen molar-refractivity contribution in [1.82, 2.24) is 0 Å². The summed E-state index contributed by atoms with van der Waals surface area (Å²) in [6.07, 6.45) is 12.8. The van der Waals surface area contributed by atoms with Crippen molar-refractivity contribution in [1.29, 1.82) is 0 Å². The van der Waals surface area contributed by atoms with E-state index in [0.717, 1.165) is 36.5 Å². The van der Waals surface area contributed by atoms with Crippen molar-refractivity contribution >= 4 is 12.0 Å². The predicted molar refractivity (Wildman–Crippen MR) is 108 cm³/mol. The Kier molecular flexibility index (Phi) is 4.48. The molecule has 0 aliphatic heterocycles. The molecule has 4 aliphatic carbocycles. The second kappa shape index (κ2) is 6.31. The topological polar surface area (TPSA) is 29.4 Å². The number of fused-ring (bicyclic) bond motifs is 4. The number of rotatable bonds is 1. The summed E-state index contributed by atoms with van der Waals surface area (Å²) in [5, 5.41) is 0. The van der Waals surface area contributed by atoms with Crippen molar-refractivity contribution in [2.45, 2.75) is 72.6 Å². The van der Waals surface area contributed by atoms with Crippen LogP contribution >= 0.6 is 0 Å². The van der Waals surface area contributed by atoms with Gasteiger partial charge in [-0.15, -0.1) is 0 Å². The Morgan fingerprint density at radius 1 is 1.19 bits per heavy atom. The highest BCUT2D eigenvalue weighted by atomic mass is 16.1. The Morgan fingerprint density at radius 3 is 2.69 bits per heavy atom. The second-order valence-corrected chi connectivity index (χ2v) is 10.5. The molecule has 3 saturated carbocycles. The zero-order chi connectivity index (χ0) is 18.7. The predicted octanol–water partition coefficient (Wildman–Crippen LogP) is 5.72. The van der Waals surface area contributed by atoms with Gasteiger partial charge in [-0.2, -0.15) is 0 Å². The smallest absolute Gasteiger partial charge is 0.155 e. The zero-order valence-electron chi connectivity index (χ0n) is 17.4. The quantitative estimate of drug-likeness (QED) is 0.553. The molecule has 8 unspecified atom stereocenters. The molecule has 0 N–H and O–H groups in total. The molecular weight excluding hydrogens is 318 g/mol. The molecule has 3 fully saturated rings. The van der Waals surface area contributed by atoms with E-state index in [9.17, 15) is 4.79 Å². The molecule has 0 aromatic carbocycles. The Labute approximate surface area is 159 Å². The van der Waals surface area contributed by atoms with Gasteiger partial charge in [-0.1, -0.05) is 39.7 Å². The van der Waals surface area contributed by atoms with E-state index >= 15 is 0 Å². The SMILES string of the molecule is CN=CC1CCCC2C(CC(C)C3=CC(=O)CCC32C)C(C)C2CC12C. The molecule has 0 aromatic rings. The zero-order valence-corrected chi connectivity index (χ0v) is 17.4. The Morgan fingerprint density at radius 2 is 1.96 bits per heavy atom. The number of aliphatic imine (C=N–C) groups is 1. The first kappa shape index (κ1) is 18.4. The lowest BCUT2D eigenvalue weighted by molar-refractivity contribution is -0.116. The molecule has 4 rings (SSSR count). The summed E-state index contributed by atoms with van der Waals surface area (Å²) >= 11 is 0. The van der Waals surface area contributed by atoms with Crippen molar-refractivity contribution in [3.63, 3.8) is 0 Å². The van der Waals surface area contributed by atoms with E-state index in [1.807, 2.05) is 7.05 Å². The average molecular weight is 356 g/mol. The van der Waals surface area contributed by atoms with Gasteiger partial charge >= 0.3 is 0 Å². The van der Waals surface area contributed by atoms with Gasteiger partial charge in [0.15, 0.2) is 5.78 Å². The summed E-state index contributed by atoms with van der Waals surface area (Å²) in [4.78, 5) is 16.6. The summed E-state index contributed by atoms with van der Waals surface area (Å²) in [6.45, 7) is 9.97. The van der Waals surface area contributed by atoms with Crippen LogP contribution in [0.25, 0.3) is 0 Å².